The van der Waals surface area contributed by atoms with Crippen LogP contribution in [0.25, 0.3) is 0 Å². The number of anilines is 1. The molecule has 0 amide bonds. The Balaban J connectivity index is 2.47. The largest absolute Gasteiger partial charge is 0.433 e. The highest BCUT2D eigenvalue weighted by atomic mass is 35.5. The molecule has 0 spiro atoms. The molecule has 0 aliphatic heterocycles. The van der Waals surface area contributed by atoms with Crippen molar-refractivity contribution in [2.45, 2.75) is 12.7 Å². The number of rotatable bonds is 2. The summed E-state index contributed by atoms with van der Waals surface area (Å²) in [7, 11) is 0. The molecule has 4 nitrogen and oxygen atoms in total. The predicted octanol–water partition coefficient (Wildman–Crippen LogP) is 3.20. The van der Waals surface area contributed by atoms with Crippen LogP contribution in [-0.4, -0.2) is 9.55 Å². The van der Waals surface area contributed by atoms with Crippen molar-refractivity contribution in [3.8, 4) is 0 Å². The molecule has 1 aromatic heterocycles. The number of halogens is 5. The minimum absolute atomic E-state index is 0.130. The molecule has 2 N–H and O–H groups in total. The summed E-state index contributed by atoms with van der Waals surface area (Å²) in [5, 5.41) is 0.464. The van der Waals surface area contributed by atoms with Gasteiger partial charge in [-0.1, -0.05) is 35.3 Å². The smallest absolute Gasteiger partial charge is 0.369 e. The quantitative estimate of drug-likeness (QED) is 0.915. The molecular formula is C12H8Cl2F3N3O. The van der Waals surface area contributed by atoms with Gasteiger partial charge in [-0.2, -0.15) is 13.2 Å². The fourth-order valence-corrected chi connectivity index (χ4v) is 2.05. The minimum Gasteiger partial charge on any atom is -0.369 e. The number of nitrogens with zero attached hydrogens (tertiary/aromatic N) is 2. The van der Waals surface area contributed by atoms with Crippen LogP contribution in [0.3, 0.4) is 0 Å². The second-order valence-electron chi connectivity index (χ2n) is 4.13. The van der Waals surface area contributed by atoms with Crippen LogP contribution in [0.2, 0.25) is 10.0 Å². The van der Waals surface area contributed by atoms with Gasteiger partial charge in [-0.05, 0) is 11.6 Å². The average Bonchev–Trinajstić information content (AvgIpc) is 2.37. The van der Waals surface area contributed by atoms with Crippen molar-refractivity contribution in [2.75, 3.05) is 5.73 Å². The molecule has 0 atom stereocenters. The zero-order valence-corrected chi connectivity index (χ0v) is 11.8. The molecule has 2 rings (SSSR count). The molecule has 0 unspecified atom stereocenters. The standard InChI is InChI=1S/C12H8Cl2F3N3O/c13-7-3-1-2-6(10(7)14)5-20-9(21)4-8(12(15,16)17)19-11(20)18/h1-4H,5H2,(H2,18,19). The van der Waals surface area contributed by atoms with Gasteiger partial charge in [0, 0.05) is 6.07 Å². The summed E-state index contributed by atoms with van der Waals surface area (Å²) in [5.41, 5.74) is 3.61. The average molecular weight is 338 g/mol. The summed E-state index contributed by atoms with van der Waals surface area (Å²) in [6, 6.07) is 5.11. The zero-order chi connectivity index (χ0) is 15.8. The third kappa shape index (κ3) is 3.30. The zero-order valence-electron chi connectivity index (χ0n) is 10.3. The molecule has 112 valence electrons. The van der Waals surface area contributed by atoms with E-state index >= 15 is 0 Å². The first kappa shape index (κ1) is 15.7. The molecule has 9 heteroatoms. The highest BCUT2D eigenvalue weighted by Gasteiger charge is 2.33. The van der Waals surface area contributed by atoms with E-state index in [0.717, 1.165) is 4.57 Å². The highest BCUT2D eigenvalue weighted by Crippen LogP contribution is 2.28. The number of hydrogen-bond acceptors (Lipinski definition) is 3. The molecule has 1 aromatic carbocycles. The summed E-state index contributed by atoms with van der Waals surface area (Å²) in [6.45, 7) is -0.130. The van der Waals surface area contributed by atoms with Gasteiger partial charge in [-0.3, -0.25) is 9.36 Å². The monoisotopic (exact) mass is 337 g/mol. The minimum atomic E-state index is -4.74. The van der Waals surface area contributed by atoms with Crippen molar-refractivity contribution in [2.24, 2.45) is 0 Å². The van der Waals surface area contributed by atoms with E-state index in [1.54, 1.807) is 18.2 Å². The molecule has 0 radical (unpaired) electrons. The Hall–Kier alpha value is -1.73. The lowest BCUT2D eigenvalue weighted by Crippen LogP contribution is -2.27. The summed E-state index contributed by atoms with van der Waals surface area (Å²) in [6.07, 6.45) is -4.74. The molecular weight excluding hydrogens is 330 g/mol. The van der Waals surface area contributed by atoms with Gasteiger partial charge in [0.25, 0.3) is 5.56 Å². The maximum atomic E-state index is 12.5. The Labute approximate surface area is 126 Å². The van der Waals surface area contributed by atoms with Crippen molar-refractivity contribution < 1.29 is 13.2 Å². The molecule has 0 aliphatic rings. The summed E-state index contributed by atoms with van der Waals surface area (Å²) in [5.74, 6) is -0.550. The maximum Gasteiger partial charge on any atom is 0.433 e. The number of alkyl halides is 3. The molecule has 0 saturated heterocycles. The SMILES string of the molecule is Nc1nc(C(F)(F)F)cc(=O)n1Cc1cccc(Cl)c1Cl. The van der Waals surface area contributed by atoms with Gasteiger partial charge in [-0.25, -0.2) is 4.98 Å². The van der Waals surface area contributed by atoms with Gasteiger partial charge in [0.1, 0.15) is 0 Å². The second-order valence-corrected chi connectivity index (χ2v) is 4.92. The van der Waals surface area contributed by atoms with Crippen molar-refractivity contribution in [3.63, 3.8) is 0 Å². The van der Waals surface area contributed by atoms with Crippen LogP contribution in [0.5, 0.6) is 0 Å². The van der Waals surface area contributed by atoms with Crippen molar-refractivity contribution in [1.82, 2.24) is 9.55 Å². The maximum absolute atomic E-state index is 12.5. The Kier molecular flexibility index (Phi) is 4.15. The first-order valence-electron chi connectivity index (χ1n) is 5.57. The topological polar surface area (TPSA) is 60.9 Å². The van der Waals surface area contributed by atoms with Crippen molar-refractivity contribution in [3.05, 3.63) is 55.9 Å². The van der Waals surface area contributed by atoms with E-state index in [1.165, 1.54) is 0 Å². The van der Waals surface area contributed by atoms with Crippen molar-refractivity contribution in [1.29, 1.82) is 0 Å². The lowest BCUT2D eigenvalue weighted by molar-refractivity contribution is -0.141. The highest BCUT2D eigenvalue weighted by molar-refractivity contribution is 6.42. The van der Waals surface area contributed by atoms with E-state index in [2.05, 4.69) is 4.98 Å². The number of nitrogens with two attached hydrogens (primary N) is 1. The number of benzene rings is 1. The summed E-state index contributed by atoms with van der Waals surface area (Å²) >= 11 is 11.8. The number of hydrogen-bond donors (Lipinski definition) is 1. The Bertz CT molecular complexity index is 744. The van der Waals surface area contributed by atoms with Crippen LogP contribution >= 0.6 is 23.2 Å². The van der Waals surface area contributed by atoms with Gasteiger partial charge < -0.3 is 5.73 Å². The van der Waals surface area contributed by atoms with Gasteiger partial charge in [0.15, 0.2) is 5.69 Å². The third-order valence-corrected chi connectivity index (χ3v) is 3.55. The molecule has 2 aromatic rings. The first-order valence-corrected chi connectivity index (χ1v) is 6.33. The fraction of sp³-hybridized carbons (Fsp3) is 0.167. The van der Waals surface area contributed by atoms with Crippen LogP contribution in [0.15, 0.2) is 29.1 Å². The molecule has 0 bridgehead atoms. The van der Waals surface area contributed by atoms with E-state index in [1.807, 2.05) is 0 Å². The third-order valence-electron chi connectivity index (χ3n) is 2.69. The first-order chi connectivity index (χ1) is 9.70. The van der Waals surface area contributed by atoms with E-state index in [4.69, 9.17) is 28.9 Å². The van der Waals surface area contributed by atoms with E-state index < -0.39 is 23.4 Å². The molecule has 0 saturated carbocycles. The second kappa shape index (κ2) is 5.57. The summed E-state index contributed by atoms with van der Waals surface area (Å²) in [4.78, 5) is 15.0. The van der Waals surface area contributed by atoms with Crippen LogP contribution in [0.1, 0.15) is 11.3 Å². The van der Waals surface area contributed by atoms with Gasteiger partial charge in [-0.15, -0.1) is 0 Å². The lowest BCUT2D eigenvalue weighted by Gasteiger charge is -2.13. The van der Waals surface area contributed by atoms with Crippen LogP contribution in [-0.2, 0) is 12.7 Å². The van der Waals surface area contributed by atoms with Gasteiger partial charge >= 0.3 is 6.18 Å². The Morgan fingerprint density at radius 3 is 2.52 bits per heavy atom. The normalized spacial score (nSPS) is 11.7. The van der Waals surface area contributed by atoms with E-state index in [-0.39, 0.29) is 16.6 Å². The molecule has 21 heavy (non-hydrogen) atoms. The summed E-state index contributed by atoms with van der Waals surface area (Å²) < 4.78 is 38.4. The molecule has 1 heterocycles. The Morgan fingerprint density at radius 2 is 1.95 bits per heavy atom. The molecule has 0 aliphatic carbocycles. The molecule has 0 fully saturated rings. The van der Waals surface area contributed by atoms with Gasteiger partial charge in [0.05, 0.1) is 16.6 Å². The van der Waals surface area contributed by atoms with E-state index in [9.17, 15) is 18.0 Å². The number of aromatic nitrogens is 2. The number of nitrogen functional groups attached to an aromatic ring is 1. The van der Waals surface area contributed by atoms with Crippen molar-refractivity contribution >= 4 is 29.2 Å². The van der Waals surface area contributed by atoms with Gasteiger partial charge in [0.2, 0.25) is 5.95 Å². The lowest BCUT2D eigenvalue weighted by atomic mass is 10.2. The predicted molar refractivity (Wildman–Crippen MR) is 73.5 cm³/mol. The van der Waals surface area contributed by atoms with Crippen LogP contribution in [0, 0.1) is 0 Å². The van der Waals surface area contributed by atoms with Crippen LogP contribution < -0.4 is 11.3 Å². The van der Waals surface area contributed by atoms with E-state index in [0.29, 0.717) is 11.6 Å². The Morgan fingerprint density at radius 1 is 1.29 bits per heavy atom. The fourth-order valence-electron chi connectivity index (χ4n) is 1.67. The van der Waals surface area contributed by atoms with Crippen LogP contribution in [0.4, 0.5) is 19.1 Å².